The van der Waals surface area contributed by atoms with E-state index in [1.807, 2.05) is 22.9 Å². The minimum absolute atomic E-state index is 0.162. The molecular weight excluding hydrogens is 344 g/mol. The minimum Gasteiger partial charge on any atom is -0.463 e. The van der Waals surface area contributed by atoms with Crippen molar-refractivity contribution in [2.24, 2.45) is 5.73 Å². The summed E-state index contributed by atoms with van der Waals surface area (Å²) in [5.41, 5.74) is 8.10. The molecular formula is C19H20N6O2. The lowest BCUT2D eigenvalue weighted by atomic mass is 9.77. The molecule has 0 radical (unpaired) electrons. The first-order valence-electron chi connectivity index (χ1n) is 9.11. The number of nitrogens with zero attached hydrogens (tertiary/aromatic N) is 5. The van der Waals surface area contributed by atoms with Gasteiger partial charge in [-0.05, 0) is 51.3 Å². The van der Waals surface area contributed by atoms with Crippen molar-refractivity contribution in [1.29, 1.82) is 0 Å². The highest BCUT2D eigenvalue weighted by Gasteiger charge is 2.39. The smallest absolute Gasteiger partial charge is 0.258 e. The normalized spacial score (nSPS) is 16.1. The number of hydrogen-bond acceptors (Lipinski definition) is 7. The minimum atomic E-state index is -0.472. The molecule has 138 valence electrons. The van der Waals surface area contributed by atoms with Crippen molar-refractivity contribution in [3.05, 3.63) is 36.5 Å². The first-order valence-corrected chi connectivity index (χ1v) is 9.11. The first-order chi connectivity index (χ1) is 13.0. The van der Waals surface area contributed by atoms with Crippen LogP contribution in [-0.4, -0.2) is 24.9 Å². The number of fused-ring (bicyclic) bond motifs is 1. The molecule has 0 aliphatic heterocycles. The van der Waals surface area contributed by atoms with Crippen LogP contribution < -0.4 is 5.73 Å². The summed E-state index contributed by atoms with van der Waals surface area (Å²) in [6.45, 7) is 4.12. The Morgan fingerprint density at radius 3 is 2.78 bits per heavy atom. The van der Waals surface area contributed by atoms with Crippen molar-refractivity contribution in [2.45, 2.75) is 44.7 Å². The van der Waals surface area contributed by atoms with Crippen LogP contribution in [0, 0.1) is 0 Å². The summed E-state index contributed by atoms with van der Waals surface area (Å²) in [5, 5.41) is 9.50. The number of hydrogen-bond donors (Lipinski definition) is 1. The van der Waals surface area contributed by atoms with Gasteiger partial charge in [-0.3, -0.25) is 0 Å². The number of aromatic nitrogens is 5. The maximum Gasteiger partial charge on any atom is 0.258 e. The molecule has 0 aromatic carbocycles. The molecule has 5 rings (SSSR count). The fourth-order valence-electron chi connectivity index (χ4n) is 3.44. The first kappa shape index (κ1) is 16.2. The van der Waals surface area contributed by atoms with E-state index in [1.54, 1.807) is 12.5 Å². The summed E-state index contributed by atoms with van der Waals surface area (Å²) >= 11 is 0. The van der Waals surface area contributed by atoms with E-state index < -0.39 is 5.54 Å². The van der Waals surface area contributed by atoms with Crippen LogP contribution >= 0.6 is 0 Å². The van der Waals surface area contributed by atoms with Gasteiger partial charge in [0, 0.05) is 6.04 Å². The average Bonchev–Trinajstić information content (AvgIpc) is 3.38. The van der Waals surface area contributed by atoms with Gasteiger partial charge in [-0.2, -0.15) is 10.1 Å². The topological polar surface area (TPSA) is 109 Å². The van der Waals surface area contributed by atoms with Gasteiger partial charge >= 0.3 is 0 Å². The number of pyridine rings is 1. The van der Waals surface area contributed by atoms with Gasteiger partial charge in [0.2, 0.25) is 0 Å². The SMILES string of the molecule is CC(C)n1ncc2c(-c3nc(C4(N)CCC4)no3)cc(-c3ccco3)nc21. The average molecular weight is 364 g/mol. The summed E-state index contributed by atoms with van der Waals surface area (Å²) in [6, 6.07) is 5.76. The van der Waals surface area contributed by atoms with Gasteiger partial charge in [0.25, 0.3) is 5.89 Å². The molecule has 8 nitrogen and oxygen atoms in total. The van der Waals surface area contributed by atoms with Crippen LogP contribution in [0.5, 0.6) is 0 Å². The standard InChI is InChI=1S/C19H20N6O2/c1-11(2)25-16-13(10-21-25)12(9-14(22-16)15-5-3-8-26-15)17-23-18(24-27-17)19(20)6-4-7-19/h3,5,8-11H,4,6-7,20H2,1-2H3. The van der Waals surface area contributed by atoms with Crippen LogP contribution in [0.25, 0.3) is 33.9 Å². The Balaban J connectivity index is 1.71. The molecule has 4 heterocycles. The molecule has 0 amide bonds. The molecule has 1 aliphatic rings. The Bertz CT molecular complexity index is 1100. The highest BCUT2D eigenvalue weighted by atomic mass is 16.5. The van der Waals surface area contributed by atoms with Gasteiger partial charge < -0.3 is 14.7 Å². The summed E-state index contributed by atoms with van der Waals surface area (Å²) in [6.07, 6.45) is 6.25. The molecule has 0 atom stereocenters. The molecule has 8 heteroatoms. The zero-order valence-electron chi connectivity index (χ0n) is 15.2. The summed E-state index contributed by atoms with van der Waals surface area (Å²) in [7, 11) is 0. The highest BCUT2D eigenvalue weighted by Crippen LogP contribution is 2.39. The Labute approximate surface area is 155 Å². The molecule has 1 aliphatic carbocycles. The quantitative estimate of drug-likeness (QED) is 0.588. The van der Waals surface area contributed by atoms with E-state index in [9.17, 15) is 0 Å². The lowest BCUT2D eigenvalue weighted by Crippen LogP contribution is -2.44. The Kier molecular flexibility index (Phi) is 3.45. The second-order valence-corrected chi connectivity index (χ2v) is 7.39. The highest BCUT2D eigenvalue weighted by molar-refractivity contribution is 5.92. The fraction of sp³-hybridized carbons (Fsp3) is 0.368. The van der Waals surface area contributed by atoms with Crippen LogP contribution in [0.15, 0.2) is 39.6 Å². The van der Waals surface area contributed by atoms with Crippen molar-refractivity contribution >= 4 is 11.0 Å². The second kappa shape index (κ2) is 5.75. The van der Waals surface area contributed by atoms with Gasteiger partial charge in [-0.1, -0.05) is 5.16 Å². The van der Waals surface area contributed by atoms with Gasteiger partial charge in [0.05, 0.1) is 28.9 Å². The molecule has 0 unspecified atom stereocenters. The zero-order valence-corrected chi connectivity index (χ0v) is 15.2. The molecule has 4 aromatic heterocycles. The van der Waals surface area contributed by atoms with Crippen molar-refractivity contribution in [3.63, 3.8) is 0 Å². The number of furan rings is 1. The monoisotopic (exact) mass is 364 g/mol. The maximum absolute atomic E-state index is 6.35. The lowest BCUT2D eigenvalue weighted by molar-refractivity contribution is 0.229. The maximum atomic E-state index is 6.35. The van der Waals surface area contributed by atoms with Gasteiger partial charge in [-0.25, -0.2) is 9.67 Å². The van der Waals surface area contributed by atoms with E-state index in [1.165, 1.54) is 0 Å². The lowest BCUT2D eigenvalue weighted by Gasteiger charge is -2.34. The van der Waals surface area contributed by atoms with E-state index in [4.69, 9.17) is 19.7 Å². The third-order valence-electron chi connectivity index (χ3n) is 5.18. The third-order valence-corrected chi connectivity index (χ3v) is 5.18. The van der Waals surface area contributed by atoms with Gasteiger partial charge in [0.15, 0.2) is 17.2 Å². The van der Waals surface area contributed by atoms with Crippen molar-refractivity contribution in [1.82, 2.24) is 24.9 Å². The van der Waals surface area contributed by atoms with Crippen LogP contribution in [0.1, 0.15) is 45.0 Å². The molecule has 0 bridgehead atoms. The molecule has 0 spiro atoms. The van der Waals surface area contributed by atoms with Crippen LogP contribution in [-0.2, 0) is 5.54 Å². The van der Waals surface area contributed by atoms with Crippen LogP contribution in [0.2, 0.25) is 0 Å². The molecule has 2 N–H and O–H groups in total. The summed E-state index contributed by atoms with van der Waals surface area (Å²) in [5.74, 6) is 1.65. The van der Waals surface area contributed by atoms with Crippen molar-refractivity contribution in [2.75, 3.05) is 0 Å². The Hall–Kier alpha value is -3.00. The largest absolute Gasteiger partial charge is 0.463 e. The van der Waals surface area contributed by atoms with Crippen molar-refractivity contribution < 1.29 is 8.94 Å². The Morgan fingerprint density at radius 2 is 2.11 bits per heavy atom. The van der Waals surface area contributed by atoms with Crippen LogP contribution in [0.4, 0.5) is 0 Å². The van der Waals surface area contributed by atoms with E-state index in [0.29, 0.717) is 23.2 Å². The number of nitrogens with two attached hydrogens (primary N) is 1. The molecule has 1 saturated carbocycles. The van der Waals surface area contributed by atoms with Crippen molar-refractivity contribution in [3.8, 4) is 22.9 Å². The number of rotatable bonds is 4. The second-order valence-electron chi connectivity index (χ2n) is 7.39. The van der Waals surface area contributed by atoms with E-state index >= 15 is 0 Å². The predicted octanol–water partition coefficient (Wildman–Crippen LogP) is 3.66. The van der Waals surface area contributed by atoms with E-state index in [0.717, 1.165) is 35.9 Å². The molecule has 1 fully saturated rings. The molecule has 4 aromatic rings. The van der Waals surface area contributed by atoms with Crippen LogP contribution in [0.3, 0.4) is 0 Å². The van der Waals surface area contributed by atoms with E-state index in [-0.39, 0.29) is 6.04 Å². The summed E-state index contributed by atoms with van der Waals surface area (Å²) < 4.78 is 13.0. The van der Waals surface area contributed by atoms with Gasteiger partial charge in [0.1, 0.15) is 5.69 Å². The Morgan fingerprint density at radius 1 is 1.26 bits per heavy atom. The zero-order chi connectivity index (χ0) is 18.6. The van der Waals surface area contributed by atoms with E-state index in [2.05, 4.69) is 29.1 Å². The van der Waals surface area contributed by atoms with Gasteiger partial charge in [-0.15, -0.1) is 0 Å². The molecule has 27 heavy (non-hydrogen) atoms. The third kappa shape index (κ3) is 2.48. The predicted molar refractivity (Wildman–Crippen MR) is 98.6 cm³/mol. The fourth-order valence-corrected chi connectivity index (χ4v) is 3.44. The summed E-state index contributed by atoms with van der Waals surface area (Å²) in [4.78, 5) is 9.36. The molecule has 0 saturated heterocycles.